The molecule has 2 rings (SSSR count). The molecule has 1 aromatic rings. The molecule has 0 saturated heterocycles. The fraction of sp³-hybridized carbons (Fsp3) is 0.700. The summed E-state index contributed by atoms with van der Waals surface area (Å²) in [5, 5.41) is 10.3. The Labute approximate surface area is 96.5 Å². The molecule has 1 fully saturated rings. The van der Waals surface area contributed by atoms with Gasteiger partial charge >= 0.3 is 0 Å². The van der Waals surface area contributed by atoms with Crippen LogP contribution in [0.5, 0.6) is 0 Å². The molecule has 0 bridgehead atoms. The first kappa shape index (κ1) is 10.6. The molecule has 0 aliphatic heterocycles. The number of thiazole rings is 1. The third-order valence-corrected chi connectivity index (χ3v) is 4.97. The summed E-state index contributed by atoms with van der Waals surface area (Å²) in [4.78, 5) is 5.10. The number of halogens is 1. The molecule has 0 unspecified atom stereocenters. The minimum atomic E-state index is -0.602. The SMILES string of the molecule is CC(C)C1CC(O)(c2scnc2Br)C1. The molecule has 0 atom stereocenters. The highest BCUT2D eigenvalue weighted by Crippen LogP contribution is 2.51. The maximum atomic E-state index is 10.3. The summed E-state index contributed by atoms with van der Waals surface area (Å²) >= 11 is 4.91. The minimum absolute atomic E-state index is 0.602. The summed E-state index contributed by atoms with van der Waals surface area (Å²) in [5.41, 5.74) is 1.18. The molecule has 1 aliphatic carbocycles. The van der Waals surface area contributed by atoms with Crippen LogP contribution < -0.4 is 0 Å². The van der Waals surface area contributed by atoms with Crippen LogP contribution in [0.15, 0.2) is 10.1 Å². The number of hydrogen-bond donors (Lipinski definition) is 1. The maximum absolute atomic E-state index is 10.3. The number of rotatable bonds is 2. The molecule has 1 aromatic heterocycles. The van der Waals surface area contributed by atoms with E-state index in [1.165, 1.54) is 11.3 Å². The Bertz CT molecular complexity index is 331. The van der Waals surface area contributed by atoms with Crippen molar-refractivity contribution < 1.29 is 5.11 Å². The zero-order valence-corrected chi connectivity index (χ0v) is 10.7. The van der Waals surface area contributed by atoms with E-state index in [0.29, 0.717) is 11.8 Å². The highest BCUT2D eigenvalue weighted by Gasteiger charge is 2.47. The van der Waals surface area contributed by atoms with Gasteiger partial charge in [0.1, 0.15) is 10.2 Å². The number of aliphatic hydroxyl groups is 1. The zero-order chi connectivity index (χ0) is 10.3. The average molecular weight is 276 g/mol. The predicted octanol–water partition coefficient (Wildman–Crippen LogP) is 3.16. The summed E-state index contributed by atoms with van der Waals surface area (Å²) in [7, 11) is 0. The quantitative estimate of drug-likeness (QED) is 0.900. The summed E-state index contributed by atoms with van der Waals surface area (Å²) in [6.07, 6.45) is 1.76. The fourth-order valence-corrected chi connectivity index (χ4v) is 3.69. The summed E-state index contributed by atoms with van der Waals surface area (Å²) in [5.74, 6) is 1.33. The third-order valence-electron chi connectivity index (χ3n) is 3.09. The number of nitrogens with zero attached hydrogens (tertiary/aromatic N) is 1. The molecule has 1 N–H and O–H groups in total. The summed E-state index contributed by atoms with van der Waals surface area (Å²) in [6, 6.07) is 0. The summed E-state index contributed by atoms with van der Waals surface area (Å²) < 4.78 is 0.812. The molecular weight excluding hydrogens is 262 g/mol. The van der Waals surface area contributed by atoms with Gasteiger partial charge in [-0.3, -0.25) is 0 Å². The van der Waals surface area contributed by atoms with Crippen molar-refractivity contribution in [2.45, 2.75) is 32.3 Å². The second kappa shape index (κ2) is 3.58. The van der Waals surface area contributed by atoms with E-state index in [1.807, 2.05) is 0 Å². The predicted molar refractivity (Wildman–Crippen MR) is 61.3 cm³/mol. The van der Waals surface area contributed by atoms with E-state index in [2.05, 4.69) is 34.8 Å². The van der Waals surface area contributed by atoms with E-state index >= 15 is 0 Å². The second-order valence-corrected chi connectivity index (χ2v) is 6.02. The van der Waals surface area contributed by atoms with E-state index in [0.717, 1.165) is 22.3 Å². The zero-order valence-electron chi connectivity index (χ0n) is 8.33. The Kier molecular flexibility index (Phi) is 2.70. The Morgan fingerprint density at radius 2 is 2.29 bits per heavy atom. The molecule has 2 nitrogen and oxygen atoms in total. The van der Waals surface area contributed by atoms with Crippen molar-refractivity contribution in [2.24, 2.45) is 11.8 Å². The lowest BCUT2D eigenvalue weighted by atomic mass is 9.66. The number of aromatic nitrogens is 1. The van der Waals surface area contributed by atoms with E-state index in [1.54, 1.807) is 5.51 Å². The lowest BCUT2D eigenvalue weighted by Crippen LogP contribution is -2.42. The van der Waals surface area contributed by atoms with Crippen LogP contribution in [0.2, 0.25) is 0 Å². The Balaban J connectivity index is 2.11. The van der Waals surface area contributed by atoms with Crippen molar-refractivity contribution in [2.75, 3.05) is 0 Å². The van der Waals surface area contributed by atoms with Crippen molar-refractivity contribution in [1.29, 1.82) is 0 Å². The van der Waals surface area contributed by atoms with Crippen molar-refractivity contribution in [3.63, 3.8) is 0 Å². The van der Waals surface area contributed by atoms with Gasteiger partial charge in [0.05, 0.1) is 10.4 Å². The molecule has 4 heteroatoms. The average Bonchev–Trinajstić information content (AvgIpc) is 2.45. The van der Waals surface area contributed by atoms with Gasteiger partial charge < -0.3 is 5.11 Å². The van der Waals surface area contributed by atoms with Crippen molar-refractivity contribution >= 4 is 27.3 Å². The molecule has 0 radical (unpaired) electrons. The van der Waals surface area contributed by atoms with Crippen LogP contribution in [0.1, 0.15) is 31.6 Å². The smallest absolute Gasteiger partial charge is 0.123 e. The van der Waals surface area contributed by atoms with Crippen LogP contribution in [0.4, 0.5) is 0 Å². The molecule has 0 spiro atoms. The van der Waals surface area contributed by atoms with Crippen LogP contribution in [-0.2, 0) is 5.60 Å². The fourth-order valence-electron chi connectivity index (χ4n) is 2.00. The van der Waals surface area contributed by atoms with Gasteiger partial charge in [-0.25, -0.2) is 4.98 Å². The van der Waals surface area contributed by atoms with Gasteiger partial charge in [-0.15, -0.1) is 11.3 Å². The van der Waals surface area contributed by atoms with Gasteiger partial charge in [0.15, 0.2) is 0 Å². The third kappa shape index (κ3) is 1.64. The van der Waals surface area contributed by atoms with Gasteiger partial charge in [-0.2, -0.15) is 0 Å². The van der Waals surface area contributed by atoms with Crippen molar-refractivity contribution in [3.8, 4) is 0 Å². The first-order valence-electron chi connectivity index (χ1n) is 4.85. The van der Waals surface area contributed by atoms with Crippen LogP contribution in [0.25, 0.3) is 0 Å². The molecular formula is C10H14BrNOS. The molecule has 1 heterocycles. The highest BCUT2D eigenvalue weighted by molar-refractivity contribution is 9.10. The highest BCUT2D eigenvalue weighted by atomic mass is 79.9. The van der Waals surface area contributed by atoms with Gasteiger partial charge in [0.25, 0.3) is 0 Å². The molecule has 1 aliphatic rings. The molecule has 1 saturated carbocycles. The van der Waals surface area contributed by atoms with E-state index in [4.69, 9.17) is 0 Å². The van der Waals surface area contributed by atoms with E-state index in [9.17, 15) is 5.11 Å². The minimum Gasteiger partial charge on any atom is -0.384 e. The van der Waals surface area contributed by atoms with Crippen LogP contribution in [-0.4, -0.2) is 10.1 Å². The van der Waals surface area contributed by atoms with E-state index < -0.39 is 5.60 Å². The lowest BCUT2D eigenvalue weighted by Gasteiger charge is -2.45. The Morgan fingerprint density at radius 1 is 1.64 bits per heavy atom. The molecule has 0 aromatic carbocycles. The first-order chi connectivity index (χ1) is 6.53. The van der Waals surface area contributed by atoms with Crippen LogP contribution in [0, 0.1) is 11.8 Å². The van der Waals surface area contributed by atoms with Crippen molar-refractivity contribution in [3.05, 3.63) is 15.0 Å². The van der Waals surface area contributed by atoms with Crippen molar-refractivity contribution in [1.82, 2.24) is 4.98 Å². The van der Waals surface area contributed by atoms with Gasteiger partial charge in [-0.1, -0.05) is 13.8 Å². The standard InChI is InChI=1S/C10H14BrNOS/c1-6(2)7-3-10(13,4-7)8-9(11)12-5-14-8/h5-7,13H,3-4H2,1-2H3. The summed E-state index contributed by atoms with van der Waals surface area (Å²) in [6.45, 7) is 4.43. The molecule has 0 amide bonds. The van der Waals surface area contributed by atoms with Crippen LogP contribution >= 0.6 is 27.3 Å². The molecule has 14 heavy (non-hydrogen) atoms. The normalized spacial score (nSPS) is 31.9. The first-order valence-corrected chi connectivity index (χ1v) is 6.52. The Hall–Kier alpha value is 0.0700. The number of hydrogen-bond acceptors (Lipinski definition) is 3. The maximum Gasteiger partial charge on any atom is 0.123 e. The Morgan fingerprint density at radius 3 is 2.71 bits per heavy atom. The topological polar surface area (TPSA) is 33.1 Å². The van der Waals surface area contributed by atoms with Crippen LogP contribution in [0.3, 0.4) is 0 Å². The lowest BCUT2D eigenvalue weighted by molar-refractivity contribution is -0.0912. The second-order valence-electron chi connectivity index (χ2n) is 4.42. The molecule has 78 valence electrons. The van der Waals surface area contributed by atoms with Gasteiger partial charge in [-0.05, 0) is 40.6 Å². The van der Waals surface area contributed by atoms with Gasteiger partial charge in [0.2, 0.25) is 0 Å². The van der Waals surface area contributed by atoms with E-state index in [-0.39, 0.29) is 0 Å². The van der Waals surface area contributed by atoms with Gasteiger partial charge in [0, 0.05) is 0 Å². The largest absolute Gasteiger partial charge is 0.384 e. The monoisotopic (exact) mass is 275 g/mol.